The van der Waals surface area contributed by atoms with Crippen molar-refractivity contribution in [1.29, 1.82) is 0 Å². The first-order chi connectivity index (χ1) is 10.2. The van der Waals surface area contributed by atoms with Crippen LogP contribution >= 0.6 is 11.6 Å². The summed E-state index contributed by atoms with van der Waals surface area (Å²) in [4.78, 5) is 11.7. The predicted octanol–water partition coefficient (Wildman–Crippen LogP) is 1.74. The molecule has 0 atom stereocenters. The van der Waals surface area contributed by atoms with Crippen LogP contribution in [0.25, 0.3) is 0 Å². The molecular formula is C14H21ClN2O4S. The minimum atomic E-state index is -3.87. The second kappa shape index (κ2) is 7.80. The molecule has 0 radical (unpaired) electrons. The molecule has 0 aliphatic carbocycles. The number of halogens is 1. The van der Waals surface area contributed by atoms with Crippen molar-refractivity contribution >= 4 is 27.5 Å². The maximum absolute atomic E-state index is 12.5. The Bertz CT molecular complexity index is 632. The van der Waals surface area contributed by atoms with Crippen LogP contribution in [0, 0.1) is 5.92 Å². The van der Waals surface area contributed by atoms with Gasteiger partial charge < -0.3 is 10.1 Å². The highest BCUT2D eigenvalue weighted by Gasteiger charge is 2.26. The quantitative estimate of drug-likeness (QED) is 0.814. The van der Waals surface area contributed by atoms with E-state index in [1.54, 1.807) is 0 Å². The minimum absolute atomic E-state index is 0.0679. The molecule has 1 N–H and O–H groups in total. The second-order valence-electron chi connectivity index (χ2n) is 5.25. The molecule has 6 nitrogen and oxygen atoms in total. The van der Waals surface area contributed by atoms with E-state index < -0.39 is 10.0 Å². The first kappa shape index (κ1) is 18.7. The summed E-state index contributed by atoms with van der Waals surface area (Å²) < 4.78 is 31.1. The molecule has 0 fully saturated rings. The Kier molecular flexibility index (Phi) is 6.65. The number of hydrogen-bond acceptors (Lipinski definition) is 4. The zero-order valence-corrected chi connectivity index (χ0v) is 14.7. The number of nitrogens with zero attached hydrogens (tertiary/aromatic N) is 1. The number of amides is 1. The van der Waals surface area contributed by atoms with Crippen molar-refractivity contribution in [1.82, 2.24) is 9.62 Å². The molecule has 0 saturated carbocycles. The maximum Gasteiger partial charge on any atom is 0.247 e. The fourth-order valence-electron chi connectivity index (χ4n) is 1.68. The highest BCUT2D eigenvalue weighted by Crippen LogP contribution is 2.28. The number of methoxy groups -OCH3 is 1. The molecule has 1 aromatic rings. The lowest BCUT2D eigenvalue weighted by Gasteiger charge is -2.19. The molecule has 0 aromatic heterocycles. The Morgan fingerprint density at radius 2 is 2.05 bits per heavy atom. The number of benzene rings is 1. The van der Waals surface area contributed by atoms with Crippen LogP contribution in [0.2, 0.25) is 5.02 Å². The highest BCUT2D eigenvalue weighted by atomic mass is 35.5. The van der Waals surface area contributed by atoms with Crippen molar-refractivity contribution in [3.8, 4) is 5.75 Å². The van der Waals surface area contributed by atoms with E-state index in [2.05, 4.69) is 5.32 Å². The molecule has 124 valence electrons. The molecule has 0 unspecified atom stereocenters. The summed E-state index contributed by atoms with van der Waals surface area (Å²) in [5.74, 6) is 0.110. The summed E-state index contributed by atoms with van der Waals surface area (Å²) in [7, 11) is -1.16. The summed E-state index contributed by atoms with van der Waals surface area (Å²) in [5.41, 5.74) is 0. The zero-order chi connectivity index (χ0) is 16.9. The van der Waals surface area contributed by atoms with Crippen LogP contribution in [-0.2, 0) is 14.8 Å². The Labute approximate surface area is 136 Å². The van der Waals surface area contributed by atoms with Gasteiger partial charge in [0.05, 0.1) is 13.7 Å². The molecule has 0 aliphatic heterocycles. The SMILES string of the molecule is COc1ccc(Cl)cc1S(=O)(=O)N(C)CC(=O)NCC(C)C. The van der Waals surface area contributed by atoms with E-state index in [0.29, 0.717) is 12.5 Å². The van der Waals surface area contributed by atoms with E-state index in [9.17, 15) is 13.2 Å². The first-order valence-electron chi connectivity index (χ1n) is 6.75. The van der Waals surface area contributed by atoms with Crippen molar-refractivity contribution < 1.29 is 17.9 Å². The van der Waals surface area contributed by atoms with E-state index in [0.717, 1.165) is 4.31 Å². The van der Waals surface area contributed by atoms with Gasteiger partial charge in [0.25, 0.3) is 0 Å². The number of rotatable bonds is 7. The first-order valence-corrected chi connectivity index (χ1v) is 8.57. The molecule has 22 heavy (non-hydrogen) atoms. The Hall–Kier alpha value is -1.31. The van der Waals surface area contributed by atoms with Gasteiger partial charge in [-0.2, -0.15) is 4.31 Å². The van der Waals surface area contributed by atoms with Crippen molar-refractivity contribution in [2.45, 2.75) is 18.7 Å². The van der Waals surface area contributed by atoms with E-state index in [4.69, 9.17) is 16.3 Å². The van der Waals surface area contributed by atoms with Crippen LogP contribution in [0.1, 0.15) is 13.8 Å². The molecule has 0 aliphatic rings. The lowest BCUT2D eigenvalue weighted by atomic mass is 10.2. The summed E-state index contributed by atoms with van der Waals surface area (Å²) in [5, 5.41) is 2.95. The molecule has 0 saturated heterocycles. The number of sulfonamides is 1. The monoisotopic (exact) mass is 348 g/mol. The molecule has 1 amide bonds. The van der Waals surface area contributed by atoms with Crippen molar-refractivity contribution in [3.05, 3.63) is 23.2 Å². The standard InChI is InChI=1S/C14H21ClN2O4S/c1-10(2)8-16-14(18)9-17(3)22(19,20)13-7-11(15)5-6-12(13)21-4/h5-7,10H,8-9H2,1-4H3,(H,16,18). The van der Waals surface area contributed by atoms with Gasteiger partial charge in [-0.3, -0.25) is 4.79 Å². The van der Waals surface area contributed by atoms with Gasteiger partial charge in [0.15, 0.2) is 0 Å². The van der Waals surface area contributed by atoms with Crippen molar-refractivity contribution in [3.63, 3.8) is 0 Å². The van der Waals surface area contributed by atoms with Gasteiger partial charge in [0, 0.05) is 18.6 Å². The maximum atomic E-state index is 12.5. The van der Waals surface area contributed by atoms with Crippen LogP contribution in [0.4, 0.5) is 0 Å². The number of carbonyl (C=O) groups excluding carboxylic acids is 1. The lowest BCUT2D eigenvalue weighted by Crippen LogP contribution is -2.39. The van der Waals surface area contributed by atoms with Gasteiger partial charge >= 0.3 is 0 Å². The third-order valence-electron chi connectivity index (χ3n) is 2.89. The van der Waals surface area contributed by atoms with Crippen LogP contribution in [0.3, 0.4) is 0 Å². The summed E-state index contributed by atoms with van der Waals surface area (Å²) in [6, 6.07) is 4.31. The molecule has 0 bridgehead atoms. The average Bonchev–Trinajstić information content (AvgIpc) is 2.44. The topological polar surface area (TPSA) is 75.7 Å². The average molecular weight is 349 g/mol. The van der Waals surface area contributed by atoms with E-state index in [1.165, 1.54) is 32.4 Å². The molecular weight excluding hydrogens is 328 g/mol. The smallest absolute Gasteiger partial charge is 0.247 e. The van der Waals surface area contributed by atoms with Gasteiger partial charge in [-0.15, -0.1) is 0 Å². The van der Waals surface area contributed by atoms with Crippen LogP contribution < -0.4 is 10.1 Å². The Morgan fingerprint density at radius 1 is 1.41 bits per heavy atom. The third kappa shape index (κ3) is 4.86. The summed E-state index contributed by atoms with van der Waals surface area (Å²) >= 11 is 5.86. The fourth-order valence-corrected chi connectivity index (χ4v) is 3.22. The normalized spacial score (nSPS) is 11.8. The van der Waals surface area contributed by atoms with Crippen LogP contribution in [-0.4, -0.2) is 45.9 Å². The summed E-state index contributed by atoms with van der Waals surface area (Å²) in [6.45, 7) is 4.13. The molecule has 1 rings (SSSR count). The lowest BCUT2D eigenvalue weighted by molar-refractivity contribution is -0.121. The zero-order valence-electron chi connectivity index (χ0n) is 13.1. The Balaban J connectivity index is 2.94. The van der Waals surface area contributed by atoms with E-state index >= 15 is 0 Å². The number of carbonyl (C=O) groups is 1. The fraction of sp³-hybridized carbons (Fsp3) is 0.500. The van der Waals surface area contributed by atoms with Crippen LogP contribution in [0.15, 0.2) is 23.1 Å². The molecule has 8 heteroatoms. The number of hydrogen-bond donors (Lipinski definition) is 1. The summed E-state index contributed by atoms with van der Waals surface area (Å²) in [6.07, 6.45) is 0. The second-order valence-corrected chi connectivity index (χ2v) is 7.70. The largest absolute Gasteiger partial charge is 0.495 e. The molecule has 0 heterocycles. The van der Waals surface area contributed by atoms with E-state index in [-0.39, 0.29) is 28.1 Å². The highest BCUT2D eigenvalue weighted by molar-refractivity contribution is 7.89. The van der Waals surface area contributed by atoms with Gasteiger partial charge in [-0.25, -0.2) is 8.42 Å². The van der Waals surface area contributed by atoms with Crippen molar-refractivity contribution in [2.75, 3.05) is 27.2 Å². The number of nitrogens with one attached hydrogen (secondary N) is 1. The van der Waals surface area contributed by atoms with E-state index in [1.807, 2.05) is 13.8 Å². The number of likely N-dealkylation sites (N-methyl/N-ethyl adjacent to an activating group) is 1. The van der Waals surface area contributed by atoms with Crippen LogP contribution in [0.5, 0.6) is 5.75 Å². The third-order valence-corrected chi connectivity index (χ3v) is 4.95. The molecule has 0 spiro atoms. The molecule has 1 aromatic carbocycles. The van der Waals surface area contributed by atoms with Gasteiger partial charge in [0.2, 0.25) is 15.9 Å². The van der Waals surface area contributed by atoms with Gasteiger partial charge in [-0.05, 0) is 24.1 Å². The van der Waals surface area contributed by atoms with Gasteiger partial charge in [0.1, 0.15) is 10.6 Å². The van der Waals surface area contributed by atoms with Crippen molar-refractivity contribution in [2.24, 2.45) is 5.92 Å². The Morgan fingerprint density at radius 3 is 2.59 bits per heavy atom. The number of ether oxygens (including phenoxy) is 1. The predicted molar refractivity (Wildman–Crippen MR) is 85.7 cm³/mol. The van der Waals surface area contributed by atoms with Gasteiger partial charge in [-0.1, -0.05) is 25.4 Å². The minimum Gasteiger partial charge on any atom is -0.495 e.